The molecule has 0 aliphatic heterocycles. The van der Waals surface area contributed by atoms with Crippen molar-refractivity contribution in [1.82, 2.24) is 9.55 Å². The van der Waals surface area contributed by atoms with Gasteiger partial charge in [-0.2, -0.15) is 0 Å². The van der Waals surface area contributed by atoms with Crippen LogP contribution in [-0.4, -0.2) is 29.8 Å². The van der Waals surface area contributed by atoms with E-state index >= 15 is 0 Å². The molecule has 0 unspecified atom stereocenters. The van der Waals surface area contributed by atoms with Gasteiger partial charge in [-0.05, 0) is 50.6 Å². The zero-order chi connectivity index (χ0) is 19.2. The van der Waals surface area contributed by atoms with E-state index in [4.69, 9.17) is 10.5 Å². The molecular formula is C20H25BrN4O. The Morgan fingerprint density at radius 2 is 1.96 bits per heavy atom. The van der Waals surface area contributed by atoms with Gasteiger partial charge in [0.1, 0.15) is 11.3 Å². The number of aromatic nitrogens is 2. The molecule has 0 spiro atoms. The van der Waals surface area contributed by atoms with Crippen molar-refractivity contribution in [2.24, 2.45) is 7.05 Å². The average molecular weight is 417 g/mol. The molecule has 6 heteroatoms. The second kappa shape index (κ2) is 6.83. The number of nitrogens with zero attached hydrogens (tertiary/aromatic N) is 3. The van der Waals surface area contributed by atoms with Gasteiger partial charge in [-0.3, -0.25) is 0 Å². The van der Waals surface area contributed by atoms with Crippen LogP contribution in [0, 0.1) is 6.92 Å². The zero-order valence-corrected chi connectivity index (χ0v) is 17.7. The molecule has 0 amide bonds. The molecule has 5 nitrogen and oxygen atoms in total. The number of benzene rings is 2. The van der Waals surface area contributed by atoms with Crippen molar-refractivity contribution in [2.75, 3.05) is 24.8 Å². The quantitative estimate of drug-likeness (QED) is 0.666. The van der Waals surface area contributed by atoms with E-state index < -0.39 is 0 Å². The molecule has 0 saturated carbocycles. The first-order valence-electron chi connectivity index (χ1n) is 8.58. The van der Waals surface area contributed by atoms with Gasteiger partial charge in [-0.25, -0.2) is 4.98 Å². The normalized spacial score (nSPS) is 11.4. The number of nitrogen functional groups attached to an aromatic ring is 1. The molecule has 2 N–H and O–H groups in total. The van der Waals surface area contributed by atoms with Gasteiger partial charge in [0.15, 0.2) is 0 Å². The van der Waals surface area contributed by atoms with Crippen molar-refractivity contribution in [2.45, 2.75) is 26.8 Å². The number of nitrogens with two attached hydrogens (primary N) is 1. The lowest BCUT2D eigenvalue weighted by Crippen LogP contribution is -2.26. The van der Waals surface area contributed by atoms with E-state index in [0.717, 1.165) is 43.6 Å². The van der Waals surface area contributed by atoms with Crippen LogP contribution in [0.15, 0.2) is 28.7 Å². The molecule has 26 heavy (non-hydrogen) atoms. The third-order valence-electron chi connectivity index (χ3n) is 4.94. The topological polar surface area (TPSA) is 56.3 Å². The van der Waals surface area contributed by atoms with E-state index in [1.165, 1.54) is 0 Å². The fourth-order valence-electron chi connectivity index (χ4n) is 3.30. The molecular weight excluding hydrogens is 392 g/mol. The van der Waals surface area contributed by atoms with Gasteiger partial charge in [0.2, 0.25) is 5.95 Å². The molecule has 0 saturated heterocycles. The Kier molecular flexibility index (Phi) is 4.88. The summed E-state index contributed by atoms with van der Waals surface area (Å²) >= 11 is 3.55. The number of ether oxygens (including phenoxy) is 1. The van der Waals surface area contributed by atoms with E-state index in [2.05, 4.69) is 71.8 Å². The second-order valence-electron chi connectivity index (χ2n) is 6.86. The molecule has 1 heterocycles. The minimum absolute atomic E-state index is 0.365. The summed E-state index contributed by atoms with van der Waals surface area (Å²) in [5.41, 5.74) is 12.4. The van der Waals surface area contributed by atoms with Crippen LogP contribution in [0.5, 0.6) is 5.75 Å². The molecule has 0 aliphatic rings. The van der Waals surface area contributed by atoms with Crippen LogP contribution in [0.4, 0.5) is 11.6 Å². The van der Waals surface area contributed by atoms with Crippen molar-refractivity contribution in [3.05, 3.63) is 34.3 Å². The van der Waals surface area contributed by atoms with Gasteiger partial charge in [0.05, 0.1) is 18.3 Å². The summed E-state index contributed by atoms with van der Waals surface area (Å²) < 4.78 is 8.60. The Balaban J connectivity index is 2.38. The van der Waals surface area contributed by atoms with Crippen molar-refractivity contribution < 1.29 is 4.74 Å². The van der Waals surface area contributed by atoms with Crippen LogP contribution >= 0.6 is 15.9 Å². The number of hydrogen-bond donors (Lipinski definition) is 1. The van der Waals surface area contributed by atoms with E-state index in [-0.39, 0.29) is 0 Å². The SMILES string of the molecule is COc1cc(Br)cc(C)c1-c1ccc(N(C)C(C)C)c2c1nc(N)n2C. The number of anilines is 2. The number of methoxy groups -OCH3 is 1. The lowest BCUT2D eigenvalue weighted by molar-refractivity contribution is 0.416. The number of aryl methyl sites for hydroxylation is 2. The number of rotatable bonds is 4. The standard InChI is InChI=1S/C20H25BrN4O/c1-11(2)24(4)15-8-7-14(18-19(15)25(5)20(22)23-18)17-12(3)9-13(21)10-16(17)26-6/h7-11H,1-6H3,(H2,22,23). The number of imidazole rings is 1. The molecule has 0 atom stereocenters. The monoisotopic (exact) mass is 416 g/mol. The fraction of sp³-hybridized carbons (Fsp3) is 0.350. The highest BCUT2D eigenvalue weighted by Crippen LogP contribution is 2.42. The molecule has 138 valence electrons. The molecule has 0 fully saturated rings. The molecule has 0 radical (unpaired) electrons. The molecule has 0 aliphatic carbocycles. The molecule has 3 rings (SSSR count). The third kappa shape index (κ3) is 2.92. The summed E-state index contributed by atoms with van der Waals surface area (Å²) in [7, 11) is 5.74. The average Bonchev–Trinajstić information content (AvgIpc) is 2.88. The van der Waals surface area contributed by atoms with Crippen molar-refractivity contribution in [3.63, 3.8) is 0 Å². The van der Waals surface area contributed by atoms with E-state index in [1.54, 1.807) is 7.11 Å². The Labute approximate surface area is 162 Å². The Hall–Kier alpha value is -2.21. The van der Waals surface area contributed by atoms with Gasteiger partial charge in [-0.15, -0.1) is 0 Å². The van der Waals surface area contributed by atoms with Gasteiger partial charge in [0.25, 0.3) is 0 Å². The lowest BCUT2D eigenvalue weighted by Gasteiger charge is -2.25. The number of fused-ring (bicyclic) bond motifs is 1. The van der Waals surface area contributed by atoms with Gasteiger partial charge in [0, 0.05) is 35.7 Å². The van der Waals surface area contributed by atoms with E-state index in [1.807, 2.05) is 17.7 Å². The van der Waals surface area contributed by atoms with Crippen LogP contribution in [0.2, 0.25) is 0 Å². The lowest BCUT2D eigenvalue weighted by atomic mass is 9.97. The molecule has 1 aromatic heterocycles. The first kappa shape index (κ1) is 18.6. The predicted octanol–water partition coefficient (Wildman–Crippen LogP) is 4.75. The van der Waals surface area contributed by atoms with Gasteiger partial charge < -0.3 is 19.9 Å². The summed E-state index contributed by atoms with van der Waals surface area (Å²) in [5, 5.41) is 0. The fourth-order valence-corrected chi connectivity index (χ4v) is 3.85. The highest BCUT2D eigenvalue weighted by molar-refractivity contribution is 9.10. The maximum absolute atomic E-state index is 6.17. The summed E-state index contributed by atoms with van der Waals surface area (Å²) in [6.07, 6.45) is 0. The van der Waals surface area contributed by atoms with Crippen LogP contribution < -0.4 is 15.4 Å². The molecule has 0 bridgehead atoms. The molecule has 2 aromatic carbocycles. The number of hydrogen-bond acceptors (Lipinski definition) is 4. The van der Waals surface area contributed by atoms with Crippen molar-refractivity contribution in [3.8, 4) is 16.9 Å². The summed E-state index contributed by atoms with van der Waals surface area (Å²) in [5.74, 6) is 1.31. The van der Waals surface area contributed by atoms with Crippen LogP contribution in [-0.2, 0) is 7.05 Å². The smallest absolute Gasteiger partial charge is 0.201 e. The minimum atomic E-state index is 0.365. The first-order valence-corrected chi connectivity index (χ1v) is 9.37. The van der Waals surface area contributed by atoms with Crippen LogP contribution in [0.1, 0.15) is 19.4 Å². The third-order valence-corrected chi connectivity index (χ3v) is 5.40. The van der Waals surface area contributed by atoms with E-state index in [9.17, 15) is 0 Å². The Morgan fingerprint density at radius 3 is 2.58 bits per heavy atom. The maximum Gasteiger partial charge on any atom is 0.201 e. The molecule has 3 aromatic rings. The van der Waals surface area contributed by atoms with E-state index in [0.29, 0.717) is 12.0 Å². The highest BCUT2D eigenvalue weighted by Gasteiger charge is 2.21. The van der Waals surface area contributed by atoms with Gasteiger partial charge in [-0.1, -0.05) is 15.9 Å². The summed E-state index contributed by atoms with van der Waals surface area (Å²) in [6.45, 7) is 6.41. The zero-order valence-electron chi connectivity index (χ0n) is 16.1. The van der Waals surface area contributed by atoms with Crippen LogP contribution in [0.25, 0.3) is 22.2 Å². The number of halogens is 1. The first-order chi connectivity index (χ1) is 12.3. The van der Waals surface area contributed by atoms with Crippen molar-refractivity contribution in [1.29, 1.82) is 0 Å². The summed E-state index contributed by atoms with van der Waals surface area (Å²) in [4.78, 5) is 6.91. The Bertz CT molecular complexity index is 978. The highest BCUT2D eigenvalue weighted by atomic mass is 79.9. The van der Waals surface area contributed by atoms with Crippen LogP contribution in [0.3, 0.4) is 0 Å². The second-order valence-corrected chi connectivity index (χ2v) is 7.78. The van der Waals surface area contributed by atoms with Gasteiger partial charge >= 0.3 is 0 Å². The minimum Gasteiger partial charge on any atom is -0.496 e. The van der Waals surface area contributed by atoms with Crippen molar-refractivity contribution >= 4 is 38.6 Å². The summed E-state index contributed by atoms with van der Waals surface area (Å²) in [6, 6.07) is 8.68. The largest absolute Gasteiger partial charge is 0.496 e. The predicted molar refractivity (Wildman–Crippen MR) is 113 cm³/mol. The Morgan fingerprint density at radius 1 is 1.27 bits per heavy atom. The maximum atomic E-state index is 6.17.